The quantitative estimate of drug-likeness (QED) is 0.379. The lowest BCUT2D eigenvalue weighted by atomic mass is 10.3. The highest BCUT2D eigenvalue weighted by atomic mass is 127. The monoisotopic (exact) mass is 499 g/mol. The predicted octanol–water partition coefficient (Wildman–Crippen LogP) is 3.01. The molecule has 0 spiro atoms. The summed E-state index contributed by atoms with van der Waals surface area (Å²) < 4.78 is 0.888. The number of hydrogen-bond acceptors (Lipinski definition) is 3. The zero-order chi connectivity index (χ0) is 15.2. The molecule has 1 aromatic heterocycles. The Morgan fingerprint density at radius 3 is 3.05 bits per heavy atom. The number of halogens is 3. The Morgan fingerprint density at radius 2 is 2.41 bits per heavy atom. The number of nitrogens with one attached hydrogen (secondary N) is 2. The summed E-state index contributed by atoms with van der Waals surface area (Å²) in [4.78, 5) is 10.8. The van der Waals surface area contributed by atoms with Crippen molar-refractivity contribution in [3.8, 4) is 0 Å². The van der Waals surface area contributed by atoms with E-state index in [4.69, 9.17) is 11.6 Å². The second-order valence-corrected chi connectivity index (χ2v) is 6.36. The Morgan fingerprint density at radius 1 is 1.64 bits per heavy atom. The van der Waals surface area contributed by atoms with Gasteiger partial charge in [-0.1, -0.05) is 34.1 Å². The summed E-state index contributed by atoms with van der Waals surface area (Å²) in [6.07, 6.45) is 2.78. The molecule has 8 heteroatoms. The molecule has 1 atom stereocenters. The molecule has 0 amide bonds. The number of rotatable bonds is 4. The first kappa shape index (κ1) is 19.5. The van der Waals surface area contributed by atoms with Crippen LogP contribution >= 0.6 is 51.5 Å². The summed E-state index contributed by atoms with van der Waals surface area (Å²) in [7, 11) is 1.76. The van der Waals surface area contributed by atoms with Gasteiger partial charge in [-0.2, -0.15) is 0 Å². The van der Waals surface area contributed by atoms with E-state index < -0.39 is 0 Å². The summed E-state index contributed by atoms with van der Waals surface area (Å²) in [6.45, 7) is 6.22. The molecule has 2 rings (SSSR count). The van der Waals surface area contributed by atoms with Crippen LogP contribution in [0.25, 0.3) is 0 Å². The summed E-state index contributed by atoms with van der Waals surface area (Å²) >= 11 is 9.52. The van der Waals surface area contributed by atoms with Crippen molar-refractivity contribution in [1.29, 1.82) is 0 Å². The van der Waals surface area contributed by atoms with E-state index >= 15 is 0 Å². The molecule has 1 saturated heterocycles. The normalized spacial score (nSPS) is 17.9. The minimum Gasteiger partial charge on any atom is -0.353 e. The summed E-state index contributed by atoms with van der Waals surface area (Å²) in [5, 5.41) is 7.29. The van der Waals surface area contributed by atoms with Gasteiger partial charge >= 0.3 is 0 Å². The SMILES string of the molecule is C=C(Br)CNC(=NC)NC1CCN(c2ncccc2Cl)C1.I. The van der Waals surface area contributed by atoms with Crippen LogP contribution in [0.4, 0.5) is 5.82 Å². The molecule has 0 radical (unpaired) electrons. The largest absolute Gasteiger partial charge is 0.353 e. The average Bonchev–Trinajstić information content (AvgIpc) is 2.92. The molecule has 1 aliphatic heterocycles. The maximum atomic E-state index is 6.19. The molecule has 22 heavy (non-hydrogen) atoms. The van der Waals surface area contributed by atoms with Crippen LogP contribution in [-0.4, -0.2) is 43.7 Å². The van der Waals surface area contributed by atoms with Crippen molar-refractivity contribution in [3.63, 3.8) is 0 Å². The number of hydrogen-bond donors (Lipinski definition) is 2. The second-order valence-electron chi connectivity index (χ2n) is 4.83. The predicted molar refractivity (Wildman–Crippen MR) is 108 cm³/mol. The molecule has 0 bridgehead atoms. The number of pyridine rings is 1. The Balaban J connectivity index is 0.00000242. The summed E-state index contributed by atoms with van der Waals surface area (Å²) in [6, 6.07) is 4.03. The number of nitrogens with zero attached hydrogens (tertiary/aromatic N) is 3. The Kier molecular flexibility index (Phi) is 8.48. The maximum Gasteiger partial charge on any atom is 0.191 e. The lowest BCUT2D eigenvalue weighted by Crippen LogP contribution is -2.44. The lowest BCUT2D eigenvalue weighted by molar-refractivity contribution is 0.653. The van der Waals surface area contributed by atoms with E-state index in [0.29, 0.717) is 17.6 Å². The first-order valence-corrected chi connectivity index (χ1v) is 7.93. The number of aromatic nitrogens is 1. The van der Waals surface area contributed by atoms with Crippen LogP contribution in [0.15, 0.2) is 34.4 Å². The van der Waals surface area contributed by atoms with Gasteiger partial charge in [0.15, 0.2) is 5.96 Å². The van der Waals surface area contributed by atoms with Crippen LogP contribution in [0, 0.1) is 0 Å². The van der Waals surface area contributed by atoms with Crippen molar-refractivity contribution in [2.75, 3.05) is 31.6 Å². The van der Waals surface area contributed by atoms with Gasteiger partial charge in [0.05, 0.1) is 5.02 Å². The van der Waals surface area contributed by atoms with E-state index in [2.05, 4.69) is 48.0 Å². The van der Waals surface area contributed by atoms with Gasteiger partial charge in [0.25, 0.3) is 0 Å². The fourth-order valence-corrected chi connectivity index (χ4v) is 2.63. The average molecular weight is 501 g/mol. The van der Waals surface area contributed by atoms with Crippen LogP contribution in [0.3, 0.4) is 0 Å². The lowest BCUT2D eigenvalue weighted by Gasteiger charge is -2.20. The highest BCUT2D eigenvalue weighted by molar-refractivity contribution is 14.0. The highest BCUT2D eigenvalue weighted by Gasteiger charge is 2.25. The maximum absolute atomic E-state index is 6.19. The van der Waals surface area contributed by atoms with E-state index in [-0.39, 0.29) is 24.0 Å². The van der Waals surface area contributed by atoms with E-state index in [1.807, 2.05) is 12.1 Å². The van der Waals surface area contributed by atoms with Crippen LogP contribution in [0.5, 0.6) is 0 Å². The molecular formula is C14H20BrClIN5. The van der Waals surface area contributed by atoms with Gasteiger partial charge < -0.3 is 15.5 Å². The third-order valence-electron chi connectivity index (χ3n) is 3.24. The smallest absolute Gasteiger partial charge is 0.191 e. The van der Waals surface area contributed by atoms with Crippen molar-refractivity contribution in [2.45, 2.75) is 12.5 Å². The van der Waals surface area contributed by atoms with Crippen LogP contribution in [-0.2, 0) is 0 Å². The Hall–Kier alpha value is -0.540. The number of guanidine groups is 1. The van der Waals surface area contributed by atoms with Crippen molar-refractivity contribution >= 4 is 63.3 Å². The molecule has 1 fully saturated rings. The zero-order valence-corrected chi connectivity index (χ0v) is 17.0. The molecule has 0 aromatic carbocycles. The Bertz CT molecular complexity index is 540. The molecule has 0 saturated carbocycles. The molecule has 5 nitrogen and oxygen atoms in total. The summed E-state index contributed by atoms with van der Waals surface area (Å²) in [5.74, 6) is 1.62. The van der Waals surface area contributed by atoms with Crippen molar-refractivity contribution in [3.05, 3.63) is 34.4 Å². The molecule has 1 unspecified atom stereocenters. The van der Waals surface area contributed by atoms with E-state index in [9.17, 15) is 0 Å². The topological polar surface area (TPSA) is 52.6 Å². The first-order valence-electron chi connectivity index (χ1n) is 6.76. The molecular weight excluding hydrogens is 480 g/mol. The second kappa shape index (κ2) is 9.57. The van der Waals surface area contributed by atoms with Crippen LogP contribution < -0.4 is 15.5 Å². The van der Waals surface area contributed by atoms with Gasteiger partial charge in [0.1, 0.15) is 5.82 Å². The van der Waals surface area contributed by atoms with Crippen LogP contribution in [0.1, 0.15) is 6.42 Å². The van der Waals surface area contributed by atoms with Gasteiger partial charge in [-0.15, -0.1) is 24.0 Å². The van der Waals surface area contributed by atoms with Gasteiger partial charge in [-0.05, 0) is 18.6 Å². The van der Waals surface area contributed by atoms with E-state index in [0.717, 1.165) is 35.8 Å². The van der Waals surface area contributed by atoms with Gasteiger partial charge in [0.2, 0.25) is 0 Å². The standard InChI is InChI=1S/C14H19BrClN5.HI/c1-10(15)8-19-14(17-2)20-11-5-7-21(9-11)13-12(16)4-3-6-18-13;/h3-4,6,11H,1,5,7-9H2,2H3,(H2,17,19,20);1H. The van der Waals surface area contributed by atoms with Crippen molar-refractivity contribution < 1.29 is 0 Å². The molecule has 1 aliphatic rings. The zero-order valence-electron chi connectivity index (χ0n) is 12.4. The molecule has 2 heterocycles. The fraction of sp³-hybridized carbons (Fsp3) is 0.429. The van der Waals surface area contributed by atoms with Crippen molar-refractivity contribution in [2.24, 2.45) is 4.99 Å². The third-order valence-corrected chi connectivity index (χ3v) is 3.81. The molecule has 122 valence electrons. The number of aliphatic imine (C=N–C) groups is 1. The highest BCUT2D eigenvalue weighted by Crippen LogP contribution is 2.25. The van der Waals surface area contributed by atoms with Gasteiger partial charge in [-0.25, -0.2) is 4.98 Å². The summed E-state index contributed by atoms with van der Waals surface area (Å²) in [5.41, 5.74) is 0. The third kappa shape index (κ3) is 5.58. The van der Waals surface area contributed by atoms with Gasteiger partial charge in [0, 0.05) is 43.4 Å². The minimum absolute atomic E-state index is 0. The van der Waals surface area contributed by atoms with E-state index in [1.165, 1.54) is 0 Å². The van der Waals surface area contributed by atoms with Crippen molar-refractivity contribution in [1.82, 2.24) is 15.6 Å². The minimum atomic E-state index is 0. The fourth-order valence-electron chi connectivity index (χ4n) is 2.25. The molecule has 2 N–H and O–H groups in total. The molecule has 0 aliphatic carbocycles. The van der Waals surface area contributed by atoms with Crippen LogP contribution in [0.2, 0.25) is 5.02 Å². The Labute approximate surface area is 161 Å². The van der Waals surface area contributed by atoms with Gasteiger partial charge in [-0.3, -0.25) is 4.99 Å². The number of anilines is 1. The first-order chi connectivity index (χ1) is 10.1. The van der Waals surface area contributed by atoms with E-state index in [1.54, 1.807) is 13.2 Å². The molecule has 1 aromatic rings.